The fraction of sp³-hybridized carbons (Fsp3) is 0.609. The Morgan fingerprint density at radius 2 is 2.07 bits per heavy atom. The third kappa shape index (κ3) is 7.82. The average Bonchev–Trinajstić information content (AvgIpc) is 2.67. The summed E-state index contributed by atoms with van der Waals surface area (Å²) in [6.45, 7) is 1.80. The summed E-state index contributed by atoms with van der Waals surface area (Å²) in [6, 6.07) is 4.62. The topological polar surface area (TPSA) is 26.3 Å². The first-order chi connectivity index (χ1) is 13.1. The Morgan fingerprint density at radius 1 is 1.22 bits per heavy atom. The molecule has 0 aromatic heterocycles. The zero-order chi connectivity index (χ0) is 19.5. The lowest BCUT2D eigenvalue weighted by atomic mass is 9.84. The Balaban J connectivity index is 1.79. The number of hydrogen-bond acceptors (Lipinski definition) is 2. The number of rotatable bonds is 11. The highest BCUT2D eigenvalue weighted by molar-refractivity contribution is 5.72. The minimum atomic E-state index is -0.444. The van der Waals surface area contributed by atoms with E-state index in [1.165, 1.54) is 37.3 Å². The second kappa shape index (κ2) is 11.9. The monoisotopic (exact) mass is 378 g/mol. The average molecular weight is 379 g/mol. The number of carbonyl (C=O) groups excluding carboxylic acids is 1. The second-order valence-electron chi connectivity index (χ2n) is 7.52. The molecule has 27 heavy (non-hydrogen) atoms. The number of hydrogen-bond donors (Lipinski definition) is 0. The number of unbranched alkanes of at least 4 members (excludes halogenated alkanes) is 2. The van der Waals surface area contributed by atoms with E-state index in [-0.39, 0.29) is 18.0 Å². The molecule has 1 atom stereocenters. The van der Waals surface area contributed by atoms with Gasteiger partial charge >= 0.3 is 5.97 Å². The highest BCUT2D eigenvalue weighted by Crippen LogP contribution is 2.30. The van der Waals surface area contributed by atoms with Gasteiger partial charge in [-0.1, -0.05) is 43.9 Å². The summed E-state index contributed by atoms with van der Waals surface area (Å²) in [4.78, 5) is 11.6. The summed E-state index contributed by atoms with van der Waals surface area (Å²) in [5, 5.41) is 0. The van der Waals surface area contributed by atoms with Crippen LogP contribution >= 0.6 is 0 Å². The van der Waals surface area contributed by atoms with Crippen molar-refractivity contribution in [1.82, 2.24) is 0 Å². The standard InChI is InChI=1S/C23H32F2O2/c1-2-3-6-18-8-10-19(11-9-18)12-13-20-14-15-21(17-22(20)25)27-23(26)7-4-5-16-24/h10,14-15,17-18H,2-9,11-13,16H2,1H3. The normalized spacial score (nSPS) is 16.9. The van der Waals surface area contributed by atoms with Crippen molar-refractivity contribution < 1.29 is 18.3 Å². The van der Waals surface area contributed by atoms with Crippen molar-refractivity contribution in [2.75, 3.05) is 6.67 Å². The highest BCUT2D eigenvalue weighted by Gasteiger charge is 2.15. The SMILES string of the molecule is CCCCC1CC=C(CCc2ccc(OC(=O)CCCCF)cc2F)CC1. The first-order valence-electron chi connectivity index (χ1n) is 10.3. The Kier molecular flexibility index (Phi) is 9.51. The predicted octanol–water partition coefficient (Wildman–Crippen LogP) is 6.72. The third-order valence-electron chi connectivity index (χ3n) is 5.32. The van der Waals surface area contributed by atoms with Crippen LogP contribution in [-0.2, 0) is 11.2 Å². The van der Waals surface area contributed by atoms with Gasteiger partial charge in [-0.05, 0) is 62.5 Å². The van der Waals surface area contributed by atoms with Crippen LogP contribution in [0.4, 0.5) is 8.78 Å². The minimum absolute atomic E-state index is 0.153. The molecular formula is C23H32F2O2. The van der Waals surface area contributed by atoms with Gasteiger partial charge in [0.2, 0.25) is 0 Å². The van der Waals surface area contributed by atoms with Crippen LogP contribution in [0.1, 0.15) is 76.7 Å². The first-order valence-corrected chi connectivity index (χ1v) is 10.3. The Hall–Kier alpha value is -1.71. The van der Waals surface area contributed by atoms with Gasteiger partial charge in [0.25, 0.3) is 0 Å². The molecule has 0 bridgehead atoms. The maximum Gasteiger partial charge on any atom is 0.311 e. The molecule has 1 aliphatic rings. The van der Waals surface area contributed by atoms with Gasteiger partial charge in [0.05, 0.1) is 6.67 Å². The highest BCUT2D eigenvalue weighted by atomic mass is 19.1. The number of ether oxygens (including phenoxy) is 1. The molecule has 0 heterocycles. The molecule has 150 valence electrons. The minimum Gasteiger partial charge on any atom is -0.426 e. The summed E-state index contributed by atoms with van der Waals surface area (Å²) in [5.41, 5.74) is 2.09. The molecule has 1 aromatic carbocycles. The molecule has 1 aromatic rings. The van der Waals surface area contributed by atoms with E-state index in [0.717, 1.165) is 25.2 Å². The quantitative estimate of drug-likeness (QED) is 0.185. The van der Waals surface area contributed by atoms with Crippen LogP contribution in [-0.4, -0.2) is 12.6 Å². The van der Waals surface area contributed by atoms with Crippen LogP contribution in [0.25, 0.3) is 0 Å². The third-order valence-corrected chi connectivity index (χ3v) is 5.32. The van der Waals surface area contributed by atoms with E-state index < -0.39 is 12.6 Å². The first kappa shape index (κ1) is 21.6. The van der Waals surface area contributed by atoms with E-state index in [9.17, 15) is 13.6 Å². The van der Waals surface area contributed by atoms with E-state index in [4.69, 9.17) is 4.74 Å². The van der Waals surface area contributed by atoms with Crippen molar-refractivity contribution in [1.29, 1.82) is 0 Å². The van der Waals surface area contributed by atoms with Gasteiger partial charge in [-0.3, -0.25) is 9.18 Å². The molecular weight excluding hydrogens is 346 g/mol. The molecule has 1 aliphatic carbocycles. The molecule has 0 spiro atoms. The van der Waals surface area contributed by atoms with E-state index in [2.05, 4.69) is 13.0 Å². The molecule has 2 rings (SSSR count). The van der Waals surface area contributed by atoms with Crippen molar-refractivity contribution in [3.8, 4) is 5.75 Å². The molecule has 2 nitrogen and oxygen atoms in total. The summed E-state index contributed by atoms with van der Waals surface area (Å²) >= 11 is 0. The summed E-state index contributed by atoms with van der Waals surface area (Å²) in [5.74, 6) is 0.267. The number of aryl methyl sites for hydroxylation is 1. The van der Waals surface area contributed by atoms with Crippen molar-refractivity contribution in [3.63, 3.8) is 0 Å². The van der Waals surface area contributed by atoms with Crippen molar-refractivity contribution in [3.05, 3.63) is 41.2 Å². The van der Waals surface area contributed by atoms with Crippen LogP contribution < -0.4 is 4.74 Å². The maximum atomic E-state index is 14.3. The lowest BCUT2D eigenvalue weighted by molar-refractivity contribution is -0.134. The number of benzene rings is 1. The largest absolute Gasteiger partial charge is 0.426 e. The van der Waals surface area contributed by atoms with Crippen molar-refractivity contribution >= 4 is 5.97 Å². The van der Waals surface area contributed by atoms with E-state index in [0.29, 0.717) is 24.8 Å². The van der Waals surface area contributed by atoms with Crippen LogP contribution in [0.5, 0.6) is 5.75 Å². The number of esters is 1. The van der Waals surface area contributed by atoms with Crippen molar-refractivity contribution in [2.24, 2.45) is 5.92 Å². The van der Waals surface area contributed by atoms with Gasteiger partial charge in [-0.15, -0.1) is 0 Å². The molecule has 0 saturated carbocycles. The molecule has 0 N–H and O–H groups in total. The molecule has 0 saturated heterocycles. The number of halogens is 2. The molecule has 1 unspecified atom stereocenters. The molecule has 0 radical (unpaired) electrons. The van der Waals surface area contributed by atoms with Crippen molar-refractivity contribution in [2.45, 2.75) is 77.6 Å². The summed E-state index contributed by atoms with van der Waals surface area (Å²) in [6.07, 6.45) is 12.3. The van der Waals surface area contributed by atoms with E-state index >= 15 is 0 Å². The molecule has 4 heteroatoms. The fourth-order valence-electron chi connectivity index (χ4n) is 3.56. The van der Waals surface area contributed by atoms with Crippen LogP contribution in [0.15, 0.2) is 29.8 Å². The van der Waals surface area contributed by atoms with Crippen LogP contribution in [0, 0.1) is 11.7 Å². The smallest absolute Gasteiger partial charge is 0.311 e. The number of allylic oxidation sites excluding steroid dienone is 2. The van der Waals surface area contributed by atoms with Gasteiger partial charge < -0.3 is 4.74 Å². The fourth-order valence-corrected chi connectivity index (χ4v) is 3.56. The maximum absolute atomic E-state index is 14.3. The van der Waals surface area contributed by atoms with E-state index in [1.54, 1.807) is 12.1 Å². The Labute approximate surface area is 162 Å². The number of alkyl halides is 1. The summed E-state index contributed by atoms with van der Waals surface area (Å²) < 4.78 is 31.5. The lowest BCUT2D eigenvalue weighted by Gasteiger charge is -2.22. The van der Waals surface area contributed by atoms with Crippen LogP contribution in [0.3, 0.4) is 0 Å². The van der Waals surface area contributed by atoms with Gasteiger partial charge in [-0.25, -0.2) is 4.39 Å². The summed E-state index contributed by atoms with van der Waals surface area (Å²) in [7, 11) is 0. The van der Waals surface area contributed by atoms with Crippen LogP contribution in [0.2, 0.25) is 0 Å². The van der Waals surface area contributed by atoms with Gasteiger partial charge in [0.15, 0.2) is 0 Å². The van der Waals surface area contributed by atoms with Gasteiger partial charge in [-0.2, -0.15) is 0 Å². The van der Waals surface area contributed by atoms with E-state index in [1.807, 2.05) is 0 Å². The molecule has 0 fully saturated rings. The van der Waals surface area contributed by atoms with Gasteiger partial charge in [0.1, 0.15) is 11.6 Å². The molecule has 0 aliphatic heterocycles. The lowest BCUT2D eigenvalue weighted by Crippen LogP contribution is -2.08. The Morgan fingerprint density at radius 3 is 2.74 bits per heavy atom. The zero-order valence-electron chi connectivity index (χ0n) is 16.4. The number of carbonyl (C=O) groups is 1. The van der Waals surface area contributed by atoms with Gasteiger partial charge in [0, 0.05) is 12.5 Å². The predicted molar refractivity (Wildman–Crippen MR) is 105 cm³/mol. The zero-order valence-corrected chi connectivity index (χ0v) is 16.4. The molecule has 0 amide bonds. The Bertz CT molecular complexity index is 625. The second-order valence-corrected chi connectivity index (χ2v) is 7.52.